The SMILES string of the molecule is CCCCCCOCC1c2cccc(O)c2C(=O)c2c(O)cccc21. The van der Waals surface area contributed by atoms with Crippen LogP contribution in [-0.4, -0.2) is 29.2 Å². The summed E-state index contributed by atoms with van der Waals surface area (Å²) in [7, 11) is 0. The van der Waals surface area contributed by atoms with Gasteiger partial charge in [-0.05, 0) is 29.7 Å². The van der Waals surface area contributed by atoms with Crippen LogP contribution in [0.25, 0.3) is 0 Å². The van der Waals surface area contributed by atoms with Gasteiger partial charge in [0, 0.05) is 12.5 Å². The molecule has 0 spiro atoms. The molecule has 0 aromatic heterocycles. The summed E-state index contributed by atoms with van der Waals surface area (Å²) in [6, 6.07) is 10.2. The molecule has 1 aliphatic rings. The highest BCUT2D eigenvalue weighted by Crippen LogP contribution is 2.42. The molecular formula is C21H24O4. The van der Waals surface area contributed by atoms with E-state index in [1.165, 1.54) is 25.0 Å². The number of phenolic OH excluding ortho intramolecular Hbond substituents is 2. The number of benzene rings is 2. The number of aromatic hydroxyl groups is 2. The van der Waals surface area contributed by atoms with Crippen LogP contribution in [0.5, 0.6) is 11.5 Å². The van der Waals surface area contributed by atoms with Gasteiger partial charge in [0.1, 0.15) is 11.5 Å². The summed E-state index contributed by atoms with van der Waals surface area (Å²) in [5, 5.41) is 20.4. The molecule has 2 aromatic carbocycles. The first-order valence-corrected chi connectivity index (χ1v) is 8.91. The molecule has 0 heterocycles. The van der Waals surface area contributed by atoms with Crippen molar-refractivity contribution in [1.29, 1.82) is 0 Å². The molecule has 0 aliphatic heterocycles. The molecule has 0 radical (unpaired) electrons. The Kier molecular flexibility index (Phi) is 5.39. The Morgan fingerprint density at radius 3 is 2.08 bits per heavy atom. The van der Waals surface area contributed by atoms with E-state index >= 15 is 0 Å². The van der Waals surface area contributed by atoms with Crippen molar-refractivity contribution in [3.8, 4) is 11.5 Å². The van der Waals surface area contributed by atoms with E-state index in [2.05, 4.69) is 6.92 Å². The number of hydrogen-bond donors (Lipinski definition) is 2. The smallest absolute Gasteiger partial charge is 0.201 e. The van der Waals surface area contributed by atoms with Gasteiger partial charge in [-0.2, -0.15) is 0 Å². The summed E-state index contributed by atoms with van der Waals surface area (Å²) in [5.74, 6) is -0.609. The maximum Gasteiger partial charge on any atom is 0.201 e. The molecule has 0 saturated heterocycles. The van der Waals surface area contributed by atoms with Crippen molar-refractivity contribution in [3.05, 3.63) is 58.7 Å². The summed E-state index contributed by atoms with van der Waals surface area (Å²) in [4.78, 5) is 12.8. The van der Waals surface area contributed by atoms with Gasteiger partial charge in [0.2, 0.25) is 5.78 Å². The summed E-state index contributed by atoms with van der Waals surface area (Å²) >= 11 is 0. The van der Waals surface area contributed by atoms with Crippen LogP contribution < -0.4 is 0 Å². The number of unbranched alkanes of at least 4 members (excludes halogenated alkanes) is 3. The highest BCUT2D eigenvalue weighted by Gasteiger charge is 2.34. The predicted molar refractivity (Wildman–Crippen MR) is 96.5 cm³/mol. The van der Waals surface area contributed by atoms with Crippen molar-refractivity contribution >= 4 is 5.78 Å². The average molecular weight is 340 g/mol. The standard InChI is InChI=1S/C21H24O4/c1-2-3-4-5-12-25-13-16-14-8-6-10-17(22)19(14)21(24)20-15(16)9-7-11-18(20)23/h6-11,16,22-23H,2-5,12-13H2,1H3. The van der Waals surface area contributed by atoms with Gasteiger partial charge in [0.15, 0.2) is 0 Å². The average Bonchev–Trinajstić information content (AvgIpc) is 2.60. The maximum atomic E-state index is 12.8. The molecule has 0 amide bonds. The molecule has 25 heavy (non-hydrogen) atoms. The summed E-state index contributed by atoms with van der Waals surface area (Å²) < 4.78 is 5.87. The lowest BCUT2D eigenvalue weighted by atomic mass is 9.77. The number of carbonyl (C=O) groups excluding carboxylic acids is 1. The van der Waals surface area contributed by atoms with E-state index in [0.29, 0.717) is 13.2 Å². The number of hydrogen-bond acceptors (Lipinski definition) is 4. The second-order valence-corrected chi connectivity index (χ2v) is 6.50. The van der Waals surface area contributed by atoms with Gasteiger partial charge >= 0.3 is 0 Å². The number of rotatable bonds is 7. The Morgan fingerprint density at radius 2 is 1.52 bits per heavy atom. The fourth-order valence-electron chi connectivity index (χ4n) is 3.49. The van der Waals surface area contributed by atoms with Crippen LogP contribution in [0.2, 0.25) is 0 Å². The van der Waals surface area contributed by atoms with E-state index in [0.717, 1.165) is 24.0 Å². The molecule has 2 N–H and O–H groups in total. The predicted octanol–water partition coefficient (Wildman–Crippen LogP) is 4.37. The normalized spacial score (nSPS) is 13.6. The van der Waals surface area contributed by atoms with E-state index in [-0.39, 0.29) is 34.3 Å². The van der Waals surface area contributed by atoms with Gasteiger partial charge < -0.3 is 14.9 Å². The van der Waals surface area contributed by atoms with Crippen LogP contribution in [0.1, 0.15) is 65.6 Å². The molecule has 132 valence electrons. The number of fused-ring (bicyclic) bond motifs is 2. The maximum absolute atomic E-state index is 12.8. The summed E-state index contributed by atoms with van der Waals surface area (Å²) in [5.41, 5.74) is 2.07. The van der Waals surface area contributed by atoms with Gasteiger partial charge in [-0.25, -0.2) is 0 Å². The third-order valence-electron chi connectivity index (χ3n) is 4.78. The molecule has 2 aromatic rings. The van der Waals surface area contributed by atoms with Gasteiger partial charge in [-0.1, -0.05) is 50.5 Å². The van der Waals surface area contributed by atoms with Gasteiger partial charge in [-0.3, -0.25) is 4.79 Å². The lowest BCUT2D eigenvalue weighted by Gasteiger charge is -2.28. The highest BCUT2D eigenvalue weighted by atomic mass is 16.5. The third kappa shape index (κ3) is 3.40. The Morgan fingerprint density at radius 1 is 0.920 bits per heavy atom. The van der Waals surface area contributed by atoms with Crippen LogP contribution in [0.3, 0.4) is 0 Å². The molecule has 4 nitrogen and oxygen atoms in total. The van der Waals surface area contributed by atoms with Gasteiger partial charge in [-0.15, -0.1) is 0 Å². The van der Waals surface area contributed by atoms with Crippen molar-refractivity contribution in [2.45, 2.75) is 38.5 Å². The minimum absolute atomic E-state index is 0.0515. The first-order valence-electron chi connectivity index (χ1n) is 8.91. The quantitative estimate of drug-likeness (QED) is 0.735. The van der Waals surface area contributed by atoms with Crippen molar-refractivity contribution in [2.24, 2.45) is 0 Å². The number of phenols is 2. The zero-order chi connectivity index (χ0) is 17.8. The van der Waals surface area contributed by atoms with Crippen molar-refractivity contribution < 1.29 is 19.7 Å². The van der Waals surface area contributed by atoms with E-state index in [1.807, 2.05) is 12.1 Å². The lowest BCUT2D eigenvalue weighted by Crippen LogP contribution is -2.23. The fourth-order valence-corrected chi connectivity index (χ4v) is 3.49. The fraction of sp³-hybridized carbons (Fsp3) is 0.381. The van der Waals surface area contributed by atoms with E-state index in [1.54, 1.807) is 12.1 Å². The number of carbonyl (C=O) groups is 1. The Balaban J connectivity index is 1.88. The first kappa shape index (κ1) is 17.5. The Bertz CT molecular complexity index is 711. The van der Waals surface area contributed by atoms with Crippen LogP contribution >= 0.6 is 0 Å². The van der Waals surface area contributed by atoms with Crippen LogP contribution in [-0.2, 0) is 4.74 Å². The van der Waals surface area contributed by atoms with Crippen LogP contribution in [0.4, 0.5) is 0 Å². The third-order valence-corrected chi connectivity index (χ3v) is 4.78. The number of ether oxygens (including phenoxy) is 1. The molecule has 4 heteroatoms. The molecule has 0 fully saturated rings. The van der Waals surface area contributed by atoms with Gasteiger partial charge in [0.05, 0.1) is 17.7 Å². The minimum atomic E-state index is -0.333. The van der Waals surface area contributed by atoms with E-state index in [4.69, 9.17) is 4.74 Å². The van der Waals surface area contributed by atoms with E-state index < -0.39 is 0 Å². The second kappa shape index (κ2) is 7.70. The Hall–Kier alpha value is -2.33. The van der Waals surface area contributed by atoms with Gasteiger partial charge in [0.25, 0.3) is 0 Å². The molecule has 0 atom stereocenters. The molecule has 0 bridgehead atoms. The molecular weight excluding hydrogens is 316 g/mol. The molecule has 0 unspecified atom stereocenters. The highest BCUT2D eigenvalue weighted by molar-refractivity contribution is 6.15. The topological polar surface area (TPSA) is 66.8 Å². The van der Waals surface area contributed by atoms with Crippen LogP contribution in [0.15, 0.2) is 36.4 Å². The van der Waals surface area contributed by atoms with Crippen LogP contribution in [0, 0.1) is 0 Å². The molecule has 3 rings (SSSR count). The van der Waals surface area contributed by atoms with Crippen molar-refractivity contribution in [3.63, 3.8) is 0 Å². The monoisotopic (exact) mass is 340 g/mol. The summed E-state index contributed by atoms with van der Waals surface area (Å²) in [6.45, 7) is 3.27. The molecule has 1 aliphatic carbocycles. The zero-order valence-electron chi connectivity index (χ0n) is 14.5. The van der Waals surface area contributed by atoms with Crippen molar-refractivity contribution in [1.82, 2.24) is 0 Å². The first-order chi connectivity index (χ1) is 12.1. The number of ketones is 1. The lowest BCUT2D eigenvalue weighted by molar-refractivity contribution is 0.101. The largest absolute Gasteiger partial charge is 0.507 e. The zero-order valence-corrected chi connectivity index (χ0v) is 14.5. The Labute approximate surface area is 148 Å². The summed E-state index contributed by atoms with van der Waals surface area (Å²) in [6.07, 6.45) is 4.55. The minimum Gasteiger partial charge on any atom is -0.507 e. The van der Waals surface area contributed by atoms with E-state index in [9.17, 15) is 15.0 Å². The van der Waals surface area contributed by atoms with Crippen molar-refractivity contribution in [2.75, 3.05) is 13.2 Å². The second-order valence-electron chi connectivity index (χ2n) is 6.50. The molecule has 0 saturated carbocycles.